The third kappa shape index (κ3) is 2.49. The zero-order valence-electron chi connectivity index (χ0n) is 9.60. The van der Waals surface area contributed by atoms with Crippen LogP contribution >= 0.6 is 0 Å². The third-order valence-electron chi connectivity index (χ3n) is 2.71. The molecule has 1 aliphatic rings. The highest BCUT2D eigenvalue weighted by Crippen LogP contribution is 2.13. The smallest absolute Gasteiger partial charge is 0.191 e. The zero-order chi connectivity index (χ0) is 11.5. The first kappa shape index (κ1) is 11.3. The number of ether oxygens (including phenoxy) is 2. The minimum Gasteiger partial charge on any atom is -0.376 e. The Morgan fingerprint density at radius 3 is 2.50 bits per heavy atom. The van der Waals surface area contributed by atoms with Crippen molar-refractivity contribution in [2.24, 2.45) is 0 Å². The van der Waals surface area contributed by atoms with Crippen molar-refractivity contribution in [1.82, 2.24) is 0 Å². The first-order chi connectivity index (χ1) is 7.66. The van der Waals surface area contributed by atoms with E-state index in [-0.39, 0.29) is 11.9 Å². The summed E-state index contributed by atoms with van der Waals surface area (Å²) in [5.74, 6) is 0.0342. The Morgan fingerprint density at radius 1 is 1.38 bits per heavy atom. The Bertz CT molecular complexity index is 365. The molecule has 16 heavy (non-hydrogen) atoms. The molecule has 1 aliphatic heterocycles. The Hall–Kier alpha value is -1.19. The van der Waals surface area contributed by atoms with Crippen molar-refractivity contribution in [3.8, 4) is 0 Å². The van der Waals surface area contributed by atoms with Crippen LogP contribution in [0.15, 0.2) is 24.3 Å². The molecule has 0 aliphatic carbocycles. The van der Waals surface area contributed by atoms with Gasteiger partial charge in [-0.3, -0.25) is 4.79 Å². The average molecular weight is 220 g/mol. The van der Waals surface area contributed by atoms with Gasteiger partial charge >= 0.3 is 0 Å². The lowest BCUT2D eigenvalue weighted by Gasteiger charge is -2.28. The maximum Gasteiger partial charge on any atom is 0.191 e. The van der Waals surface area contributed by atoms with E-state index in [1.54, 1.807) is 6.92 Å². The van der Waals surface area contributed by atoms with Crippen LogP contribution in [0.1, 0.15) is 22.8 Å². The SMILES string of the molecule is Cc1ccc(C(=O)C(C)OC2COC2)cc1. The molecule has 1 aromatic rings. The van der Waals surface area contributed by atoms with E-state index in [1.165, 1.54) is 0 Å². The lowest BCUT2D eigenvalue weighted by molar-refractivity contribution is -0.141. The van der Waals surface area contributed by atoms with Gasteiger partial charge in [-0.1, -0.05) is 29.8 Å². The lowest BCUT2D eigenvalue weighted by atomic mass is 10.1. The molecule has 1 heterocycles. The second kappa shape index (κ2) is 4.76. The molecule has 1 atom stereocenters. The molecule has 1 fully saturated rings. The van der Waals surface area contributed by atoms with Gasteiger partial charge in [-0.05, 0) is 13.8 Å². The number of rotatable bonds is 4. The quantitative estimate of drug-likeness (QED) is 0.728. The molecular formula is C13H16O3. The van der Waals surface area contributed by atoms with Gasteiger partial charge in [0.15, 0.2) is 5.78 Å². The van der Waals surface area contributed by atoms with Crippen molar-refractivity contribution in [3.63, 3.8) is 0 Å². The van der Waals surface area contributed by atoms with Gasteiger partial charge in [0.05, 0.1) is 13.2 Å². The van der Waals surface area contributed by atoms with E-state index in [4.69, 9.17) is 9.47 Å². The van der Waals surface area contributed by atoms with Gasteiger partial charge < -0.3 is 9.47 Å². The highest BCUT2D eigenvalue weighted by atomic mass is 16.6. The molecule has 0 N–H and O–H groups in total. The Balaban J connectivity index is 1.97. The van der Waals surface area contributed by atoms with Crippen LogP contribution in [0.4, 0.5) is 0 Å². The van der Waals surface area contributed by atoms with Crippen LogP contribution in [0.25, 0.3) is 0 Å². The van der Waals surface area contributed by atoms with Crippen molar-refractivity contribution in [3.05, 3.63) is 35.4 Å². The third-order valence-corrected chi connectivity index (χ3v) is 2.71. The number of hydrogen-bond acceptors (Lipinski definition) is 3. The normalized spacial score (nSPS) is 17.9. The second-order valence-electron chi connectivity index (χ2n) is 4.17. The van der Waals surface area contributed by atoms with Crippen LogP contribution in [0.2, 0.25) is 0 Å². The summed E-state index contributed by atoms with van der Waals surface area (Å²) >= 11 is 0. The van der Waals surface area contributed by atoms with Crippen LogP contribution < -0.4 is 0 Å². The average Bonchev–Trinajstić information content (AvgIpc) is 2.23. The second-order valence-corrected chi connectivity index (χ2v) is 4.17. The molecule has 1 aromatic carbocycles. The van der Waals surface area contributed by atoms with Gasteiger partial charge in [-0.25, -0.2) is 0 Å². The maximum absolute atomic E-state index is 12.0. The first-order valence-electron chi connectivity index (χ1n) is 5.51. The molecule has 86 valence electrons. The summed E-state index contributed by atoms with van der Waals surface area (Å²) in [5.41, 5.74) is 1.86. The van der Waals surface area contributed by atoms with Crippen molar-refractivity contribution < 1.29 is 14.3 Å². The fraction of sp³-hybridized carbons (Fsp3) is 0.462. The molecule has 3 nitrogen and oxygen atoms in total. The highest BCUT2D eigenvalue weighted by Gasteiger charge is 2.25. The van der Waals surface area contributed by atoms with Crippen LogP contribution in [0.5, 0.6) is 0 Å². The van der Waals surface area contributed by atoms with Crippen LogP contribution in [0, 0.1) is 6.92 Å². The topological polar surface area (TPSA) is 35.5 Å². The van der Waals surface area contributed by atoms with E-state index in [1.807, 2.05) is 31.2 Å². The molecule has 0 bridgehead atoms. The van der Waals surface area contributed by atoms with Gasteiger partial charge in [0, 0.05) is 5.56 Å². The predicted molar refractivity (Wildman–Crippen MR) is 60.7 cm³/mol. The van der Waals surface area contributed by atoms with E-state index in [9.17, 15) is 4.79 Å². The number of aryl methyl sites for hydroxylation is 1. The van der Waals surface area contributed by atoms with Gasteiger partial charge in [-0.2, -0.15) is 0 Å². The fourth-order valence-electron chi connectivity index (χ4n) is 1.60. The van der Waals surface area contributed by atoms with E-state index >= 15 is 0 Å². The predicted octanol–water partition coefficient (Wildman–Crippen LogP) is 1.98. The molecule has 0 saturated carbocycles. The Morgan fingerprint density at radius 2 is 2.00 bits per heavy atom. The molecule has 2 rings (SSSR count). The zero-order valence-corrected chi connectivity index (χ0v) is 9.60. The van der Waals surface area contributed by atoms with Gasteiger partial charge in [0.1, 0.15) is 12.2 Å². The van der Waals surface area contributed by atoms with Crippen LogP contribution in [-0.2, 0) is 9.47 Å². The summed E-state index contributed by atoms with van der Waals surface area (Å²) in [6, 6.07) is 7.56. The maximum atomic E-state index is 12.0. The van der Waals surface area contributed by atoms with Crippen molar-refractivity contribution >= 4 is 5.78 Å². The molecular weight excluding hydrogens is 204 g/mol. The molecule has 3 heteroatoms. The molecule has 0 amide bonds. The fourth-order valence-corrected chi connectivity index (χ4v) is 1.60. The Kier molecular flexibility index (Phi) is 3.36. The van der Waals surface area contributed by atoms with Crippen LogP contribution in [0.3, 0.4) is 0 Å². The van der Waals surface area contributed by atoms with Crippen LogP contribution in [-0.4, -0.2) is 31.2 Å². The Labute approximate surface area is 95.4 Å². The number of benzene rings is 1. The largest absolute Gasteiger partial charge is 0.376 e. The molecule has 0 aromatic heterocycles. The summed E-state index contributed by atoms with van der Waals surface area (Å²) < 4.78 is 10.6. The van der Waals surface area contributed by atoms with E-state index in [2.05, 4.69) is 0 Å². The minimum absolute atomic E-state index is 0.0342. The first-order valence-corrected chi connectivity index (χ1v) is 5.51. The van der Waals surface area contributed by atoms with Crippen molar-refractivity contribution in [2.75, 3.05) is 13.2 Å². The van der Waals surface area contributed by atoms with E-state index < -0.39 is 6.10 Å². The molecule has 1 unspecified atom stereocenters. The standard InChI is InChI=1S/C13H16O3/c1-9-3-5-11(6-4-9)13(14)10(2)16-12-7-15-8-12/h3-6,10,12H,7-8H2,1-2H3. The molecule has 0 radical (unpaired) electrons. The number of hydrogen-bond donors (Lipinski definition) is 0. The number of ketones is 1. The number of carbonyl (C=O) groups excluding carboxylic acids is 1. The summed E-state index contributed by atoms with van der Waals surface area (Å²) in [5, 5.41) is 0. The van der Waals surface area contributed by atoms with Crippen molar-refractivity contribution in [2.45, 2.75) is 26.1 Å². The lowest BCUT2D eigenvalue weighted by Crippen LogP contribution is -2.40. The van der Waals surface area contributed by atoms with Gasteiger partial charge in [0.2, 0.25) is 0 Å². The van der Waals surface area contributed by atoms with E-state index in [0.717, 1.165) is 5.56 Å². The highest BCUT2D eigenvalue weighted by molar-refractivity contribution is 5.99. The van der Waals surface area contributed by atoms with E-state index in [0.29, 0.717) is 18.8 Å². The van der Waals surface area contributed by atoms with Crippen molar-refractivity contribution in [1.29, 1.82) is 0 Å². The summed E-state index contributed by atoms with van der Waals surface area (Å²) in [6.45, 7) is 5.00. The summed E-state index contributed by atoms with van der Waals surface area (Å²) in [6.07, 6.45) is -0.305. The number of Topliss-reactive ketones (excluding diaryl/α,β-unsaturated/α-hetero) is 1. The summed E-state index contributed by atoms with van der Waals surface area (Å²) in [7, 11) is 0. The van der Waals surface area contributed by atoms with Gasteiger partial charge in [-0.15, -0.1) is 0 Å². The molecule has 0 spiro atoms. The molecule has 1 saturated heterocycles. The number of carbonyl (C=O) groups is 1. The van der Waals surface area contributed by atoms with Gasteiger partial charge in [0.25, 0.3) is 0 Å². The summed E-state index contributed by atoms with van der Waals surface area (Å²) in [4.78, 5) is 12.0. The monoisotopic (exact) mass is 220 g/mol. The minimum atomic E-state index is -0.392.